The highest BCUT2D eigenvalue weighted by atomic mass is 35.5. The number of sulfonamides is 1. The fraction of sp³-hybridized carbons (Fsp3) is 0.214. The molecule has 112 valence electrons. The van der Waals surface area contributed by atoms with Crippen LogP contribution >= 0.6 is 11.6 Å². The number of pyridine rings is 1. The fourth-order valence-corrected chi connectivity index (χ4v) is 3.07. The summed E-state index contributed by atoms with van der Waals surface area (Å²) in [5.41, 5.74) is 1.80. The maximum Gasteiger partial charge on any atom is 0.261 e. The molecule has 0 saturated heterocycles. The Morgan fingerprint density at radius 1 is 1.19 bits per heavy atom. The van der Waals surface area contributed by atoms with E-state index in [0.717, 1.165) is 5.56 Å². The van der Waals surface area contributed by atoms with Gasteiger partial charge in [-0.1, -0.05) is 11.6 Å². The van der Waals surface area contributed by atoms with E-state index in [1.807, 2.05) is 0 Å². The zero-order valence-electron chi connectivity index (χ0n) is 11.8. The number of nitrogens with zero attached hydrogens (tertiary/aromatic N) is 1. The second kappa shape index (κ2) is 5.91. The average molecular weight is 327 g/mol. The van der Waals surface area contributed by atoms with Gasteiger partial charge in [-0.2, -0.15) is 0 Å². The molecule has 7 heteroatoms. The largest absolute Gasteiger partial charge is 0.496 e. The molecule has 0 spiro atoms. The van der Waals surface area contributed by atoms with E-state index in [1.165, 1.54) is 19.4 Å². The van der Waals surface area contributed by atoms with Crippen LogP contribution in [-0.4, -0.2) is 20.5 Å². The molecule has 5 nitrogen and oxygen atoms in total. The molecule has 0 fully saturated rings. The summed E-state index contributed by atoms with van der Waals surface area (Å²) in [6.07, 6.45) is 1.38. The average Bonchev–Trinajstić information content (AvgIpc) is 2.42. The summed E-state index contributed by atoms with van der Waals surface area (Å²) in [6.45, 7) is 3.54. The van der Waals surface area contributed by atoms with Crippen molar-refractivity contribution < 1.29 is 13.2 Å². The van der Waals surface area contributed by atoms with Crippen LogP contribution in [-0.2, 0) is 10.0 Å². The molecule has 2 aromatic rings. The molecule has 0 unspecified atom stereocenters. The molecular formula is C14H15ClN2O3S. The number of methoxy groups -OCH3 is 1. The number of halogens is 1. The first kappa shape index (κ1) is 15.6. The third kappa shape index (κ3) is 3.46. The normalized spacial score (nSPS) is 11.2. The number of rotatable bonds is 4. The van der Waals surface area contributed by atoms with Gasteiger partial charge in [0.1, 0.15) is 10.9 Å². The van der Waals surface area contributed by atoms with Gasteiger partial charge >= 0.3 is 0 Å². The van der Waals surface area contributed by atoms with E-state index < -0.39 is 10.0 Å². The Morgan fingerprint density at radius 2 is 1.90 bits per heavy atom. The maximum absolute atomic E-state index is 12.3. The van der Waals surface area contributed by atoms with Crippen LogP contribution in [0.2, 0.25) is 5.15 Å². The maximum atomic E-state index is 12.3. The molecule has 1 aromatic heterocycles. The van der Waals surface area contributed by atoms with Crippen molar-refractivity contribution in [2.24, 2.45) is 0 Å². The predicted molar refractivity (Wildman–Crippen MR) is 82.5 cm³/mol. The highest BCUT2D eigenvalue weighted by molar-refractivity contribution is 7.92. The highest BCUT2D eigenvalue weighted by Gasteiger charge is 2.16. The SMILES string of the molecule is COc1ccc(S(=O)(=O)Nc2cnc(Cl)c(C)c2)cc1C. The lowest BCUT2D eigenvalue weighted by Gasteiger charge is -2.11. The minimum Gasteiger partial charge on any atom is -0.496 e. The highest BCUT2D eigenvalue weighted by Crippen LogP contribution is 2.24. The van der Waals surface area contributed by atoms with Crippen LogP contribution in [0.5, 0.6) is 5.75 Å². The van der Waals surface area contributed by atoms with Gasteiger partial charge in [0.25, 0.3) is 10.0 Å². The molecule has 21 heavy (non-hydrogen) atoms. The van der Waals surface area contributed by atoms with Crippen molar-refractivity contribution in [3.8, 4) is 5.75 Å². The van der Waals surface area contributed by atoms with Crippen LogP contribution < -0.4 is 9.46 Å². The van der Waals surface area contributed by atoms with Crippen molar-refractivity contribution in [3.05, 3.63) is 46.7 Å². The zero-order chi connectivity index (χ0) is 15.6. The lowest BCUT2D eigenvalue weighted by Crippen LogP contribution is -2.13. The molecule has 0 atom stereocenters. The van der Waals surface area contributed by atoms with E-state index in [1.54, 1.807) is 32.0 Å². The van der Waals surface area contributed by atoms with Crippen molar-refractivity contribution in [2.45, 2.75) is 18.7 Å². The first-order valence-corrected chi connectivity index (χ1v) is 7.99. The summed E-state index contributed by atoms with van der Waals surface area (Å²) in [6, 6.07) is 6.29. The van der Waals surface area contributed by atoms with Crippen LogP contribution in [0.25, 0.3) is 0 Å². The van der Waals surface area contributed by atoms with Gasteiger partial charge < -0.3 is 4.74 Å². The van der Waals surface area contributed by atoms with Gasteiger partial charge in [-0.25, -0.2) is 13.4 Å². The first-order chi connectivity index (χ1) is 9.83. The van der Waals surface area contributed by atoms with Gasteiger partial charge in [0.15, 0.2) is 0 Å². The van der Waals surface area contributed by atoms with Crippen molar-refractivity contribution in [1.29, 1.82) is 0 Å². The molecule has 0 radical (unpaired) electrons. The zero-order valence-corrected chi connectivity index (χ0v) is 13.4. The predicted octanol–water partition coefficient (Wildman–Crippen LogP) is 3.16. The Kier molecular flexibility index (Phi) is 4.39. The monoisotopic (exact) mass is 326 g/mol. The molecule has 0 amide bonds. The third-order valence-corrected chi connectivity index (χ3v) is 4.72. The van der Waals surface area contributed by atoms with Gasteiger partial charge in [-0.15, -0.1) is 0 Å². The van der Waals surface area contributed by atoms with Gasteiger partial charge in [0, 0.05) is 0 Å². The summed E-state index contributed by atoms with van der Waals surface area (Å²) in [5, 5.41) is 0.346. The molecular weight excluding hydrogens is 312 g/mol. The van der Waals surface area contributed by atoms with Gasteiger partial charge in [-0.3, -0.25) is 4.72 Å². The van der Waals surface area contributed by atoms with Crippen molar-refractivity contribution >= 4 is 27.3 Å². The minimum absolute atomic E-state index is 0.161. The fourth-order valence-electron chi connectivity index (χ4n) is 1.85. The third-order valence-electron chi connectivity index (χ3n) is 2.94. The second-order valence-electron chi connectivity index (χ2n) is 4.57. The van der Waals surface area contributed by atoms with E-state index in [-0.39, 0.29) is 4.90 Å². The molecule has 0 aliphatic heterocycles. The van der Waals surface area contributed by atoms with Gasteiger partial charge in [0.05, 0.1) is 23.9 Å². The Bertz CT molecular complexity index is 776. The number of hydrogen-bond donors (Lipinski definition) is 1. The van der Waals surface area contributed by atoms with Crippen LogP contribution in [0.15, 0.2) is 35.4 Å². The van der Waals surface area contributed by atoms with E-state index in [4.69, 9.17) is 16.3 Å². The molecule has 1 aromatic carbocycles. The number of anilines is 1. The van der Waals surface area contributed by atoms with E-state index >= 15 is 0 Å². The summed E-state index contributed by atoms with van der Waals surface area (Å²) in [7, 11) is -2.14. The second-order valence-corrected chi connectivity index (χ2v) is 6.61. The first-order valence-electron chi connectivity index (χ1n) is 6.13. The van der Waals surface area contributed by atoms with Crippen LogP contribution in [0.3, 0.4) is 0 Å². The Morgan fingerprint density at radius 3 is 2.48 bits per heavy atom. The van der Waals surface area contributed by atoms with E-state index in [2.05, 4.69) is 9.71 Å². The quantitative estimate of drug-likeness (QED) is 0.876. The molecule has 1 heterocycles. The molecule has 0 aliphatic rings. The smallest absolute Gasteiger partial charge is 0.261 e. The van der Waals surface area contributed by atoms with Gasteiger partial charge in [0.2, 0.25) is 0 Å². The lowest BCUT2D eigenvalue weighted by atomic mass is 10.2. The Hall–Kier alpha value is -1.79. The van der Waals surface area contributed by atoms with E-state index in [9.17, 15) is 8.42 Å². The summed E-state index contributed by atoms with van der Waals surface area (Å²) in [4.78, 5) is 4.08. The van der Waals surface area contributed by atoms with Crippen molar-refractivity contribution in [1.82, 2.24) is 4.98 Å². The van der Waals surface area contributed by atoms with Crippen molar-refractivity contribution in [3.63, 3.8) is 0 Å². The molecule has 1 N–H and O–H groups in total. The summed E-state index contributed by atoms with van der Waals surface area (Å²) in [5.74, 6) is 0.637. The number of aryl methyl sites for hydroxylation is 2. The standard InChI is InChI=1S/C14H15ClN2O3S/c1-9-7-12(4-5-13(9)20-3)21(18,19)17-11-6-10(2)14(15)16-8-11/h4-8,17H,1-3H3. The van der Waals surface area contributed by atoms with Gasteiger partial charge in [-0.05, 0) is 49.2 Å². The number of nitrogens with one attached hydrogen (secondary N) is 1. The number of benzene rings is 1. The molecule has 0 bridgehead atoms. The topological polar surface area (TPSA) is 68.3 Å². The van der Waals surface area contributed by atoms with Crippen LogP contribution in [0.1, 0.15) is 11.1 Å². The summed E-state index contributed by atoms with van der Waals surface area (Å²) < 4.78 is 32.3. The minimum atomic E-state index is -3.68. The van der Waals surface area contributed by atoms with Crippen LogP contribution in [0.4, 0.5) is 5.69 Å². The molecule has 2 rings (SSSR count). The summed E-state index contributed by atoms with van der Waals surface area (Å²) >= 11 is 5.82. The number of ether oxygens (including phenoxy) is 1. The molecule has 0 saturated carbocycles. The van der Waals surface area contributed by atoms with Crippen LogP contribution in [0, 0.1) is 13.8 Å². The lowest BCUT2D eigenvalue weighted by molar-refractivity contribution is 0.411. The molecule has 0 aliphatic carbocycles. The van der Waals surface area contributed by atoms with Crippen molar-refractivity contribution in [2.75, 3.05) is 11.8 Å². The van der Waals surface area contributed by atoms with E-state index in [0.29, 0.717) is 22.2 Å². The Balaban J connectivity index is 2.33. The number of hydrogen-bond acceptors (Lipinski definition) is 4. The Labute approximate surface area is 129 Å². The number of aromatic nitrogens is 1.